The van der Waals surface area contributed by atoms with Crippen molar-refractivity contribution in [1.29, 1.82) is 0 Å². The van der Waals surface area contributed by atoms with Crippen molar-refractivity contribution >= 4 is 0 Å². The van der Waals surface area contributed by atoms with Gasteiger partial charge in [-0.15, -0.1) is 0 Å². The number of rotatable bonds is 9. The summed E-state index contributed by atoms with van der Waals surface area (Å²) in [5.41, 5.74) is 0.432. The van der Waals surface area contributed by atoms with Crippen molar-refractivity contribution in [3.8, 4) is 0 Å². The van der Waals surface area contributed by atoms with Gasteiger partial charge in [-0.25, -0.2) is 0 Å². The highest BCUT2D eigenvalue weighted by Gasteiger charge is 2.41. The van der Waals surface area contributed by atoms with E-state index >= 15 is 0 Å². The third kappa shape index (κ3) is 5.67. The van der Waals surface area contributed by atoms with Gasteiger partial charge in [0.2, 0.25) is 0 Å². The van der Waals surface area contributed by atoms with Crippen LogP contribution < -0.4 is 0 Å². The van der Waals surface area contributed by atoms with Crippen molar-refractivity contribution < 1.29 is 18.9 Å². The standard InChI is InChI=1S/C22H40O4/c1-5-23-16(2)26-20-12-8-18(9-13-20)22(3,4)17-6-10-19(11-7-17)24-14-21-15-25-21/h16-21H,5-15H2,1-4H3. The normalized spacial score (nSPS) is 36.7. The lowest BCUT2D eigenvalue weighted by Crippen LogP contribution is -2.39. The van der Waals surface area contributed by atoms with Gasteiger partial charge in [0.15, 0.2) is 6.29 Å². The second kappa shape index (κ2) is 9.36. The molecule has 1 heterocycles. The Balaban J connectivity index is 1.39. The van der Waals surface area contributed by atoms with Crippen LogP contribution in [0.3, 0.4) is 0 Å². The van der Waals surface area contributed by atoms with E-state index in [1.54, 1.807) is 0 Å². The molecule has 2 saturated carbocycles. The minimum atomic E-state index is -0.0640. The summed E-state index contributed by atoms with van der Waals surface area (Å²) in [6, 6.07) is 0. The Kier molecular flexibility index (Phi) is 7.40. The zero-order valence-corrected chi connectivity index (χ0v) is 17.4. The minimum absolute atomic E-state index is 0.0640. The van der Waals surface area contributed by atoms with E-state index in [-0.39, 0.29) is 6.29 Å². The summed E-state index contributed by atoms with van der Waals surface area (Å²) in [5, 5.41) is 0. The van der Waals surface area contributed by atoms with E-state index in [2.05, 4.69) is 13.8 Å². The van der Waals surface area contributed by atoms with Gasteiger partial charge in [0.05, 0.1) is 25.4 Å². The van der Waals surface area contributed by atoms with E-state index < -0.39 is 0 Å². The van der Waals surface area contributed by atoms with Gasteiger partial charge in [-0.05, 0) is 82.5 Å². The summed E-state index contributed by atoms with van der Waals surface area (Å²) in [5.74, 6) is 1.66. The maximum absolute atomic E-state index is 6.05. The van der Waals surface area contributed by atoms with E-state index in [0.29, 0.717) is 23.7 Å². The van der Waals surface area contributed by atoms with Crippen molar-refractivity contribution in [3.05, 3.63) is 0 Å². The van der Waals surface area contributed by atoms with E-state index in [1.165, 1.54) is 51.4 Å². The second-order valence-electron chi connectivity index (χ2n) is 9.22. The Morgan fingerprint density at radius 3 is 1.96 bits per heavy atom. The molecule has 0 spiro atoms. The summed E-state index contributed by atoms with van der Waals surface area (Å²) >= 11 is 0. The maximum Gasteiger partial charge on any atom is 0.155 e. The van der Waals surface area contributed by atoms with Crippen LogP contribution >= 0.6 is 0 Å². The first-order valence-corrected chi connectivity index (χ1v) is 11.0. The molecule has 4 heteroatoms. The van der Waals surface area contributed by atoms with Crippen LogP contribution in [0, 0.1) is 17.3 Å². The summed E-state index contributed by atoms with van der Waals surface area (Å²) in [7, 11) is 0. The van der Waals surface area contributed by atoms with Gasteiger partial charge < -0.3 is 18.9 Å². The highest BCUT2D eigenvalue weighted by atomic mass is 16.7. The molecule has 0 radical (unpaired) electrons. The summed E-state index contributed by atoms with van der Waals surface area (Å²) < 4.78 is 22.9. The van der Waals surface area contributed by atoms with E-state index in [0.717, 1.165) is 31.7 Å². The van der Waals surface area contributed by atoms with Crippen molar-refractivity contribution in [2.24, 2.45) is 17.3 Å². The maximum atomic E-state index is 6.05. The van der Waals surface area contributed by atoms with Crippen molar-refractivity contribution in [2.75, 3.05) is 19.8 Å². The molecule has 4 nitrogen and oxygen atoms in total. The van der Waals surface area contributed by atoms with Crippen LogP contribution in [0.2, 0.25) is 0 Å². The van der Waals surface area contributed by atoms with Crippen LogP contribution in [0.5, 0.6) is 0 Å². The Labute approximate surface area is 160 Å². The van der Waals surface area contributed by atoms with Crippen molar-refractivity contribution in [3.63, 3.8) is 0 Å². The lowest BCUT2D eigenvalue weighted by atomic mass is 9.60. The van der Waals surface area contributed by atoms with E-state index in [1.807, 2.05) is 13.8 Å². The Hall–Kier alpha value is -0.160. The zero-order valence-electron chi connectivity index (χ0n) is 17.4. The van der Waals surface area contributed by atoms with Gasteiger partial charge in [0.25, 0.3) is 0 Å². The van der Waals surface area contributed by atoms with Crippen LogP contribution in [0.15, 0.2) is 0 Å². The average molecular weight is 369 g/mol. The number of epoxide rings is 1. The minimum Gasteiger partial charge on any atom is -0.375 e. The molecule has 3 aliphatic rings. The Morgan fingerprint density at radius 1 is 0.923 bits per heavy atom. The van der Waals surface area contributed by atoms with Gasteiger partial charge >= 0.3 is 0 Å². The highest BCUT2D eigenvalue weighted by molar-refractivity contribution is 4.91. The summed E-state index contributed by atoms with van der Waals surface area (Å²) in [4.78, 5) is 0. The van der Waals surface area contributed by atoms with E-state index in [4.69, 9.17) is 18.9 Å². The predicted octanol–water partition coefficient (Wildman–Crippen LogP) is 4.94. The third-order valence-electron chi connectivity index (χ3n) is 7.16. The molecule has 0 N–H and O–H groups in total. The molecule has 1 saturated heterocycles. The zero-order chi connectivity index (χ0) is 18.6. The van der Waals surface area contributed by atoms with Crippen LogP contribution in [-0.2, 0) is 18.9 Å². The highest BCUT2D eigenvalue weighted by Crippen LogP contribution is 2.49. The summed E-state index contributed by atoms with van der Waals surface area (Å²) in [6.07, 6.45) is 11.2. The van der Waals surface area contributed by atoms with E-state index in [9.17, 15) is 0 Å². The van der Waals surface area contributed by atoms with Crippen LogP contribution in [-0.4, -0.2) is 44.4 Å². The van der Waals surface area contributed by atoms with Gasteiger partial charge in [0, 0.05) is 6.61 Å². The first kappa shape index (κ1) is 20.6. The SMILES string of the molecule is CCOC(C)OC1CCC(C(C)(C)C2CCC(OCC3CO3)CC2)CC1. The van der Waals surface area contributed by atoms with Crippen molar-refractivity contribution in [2.45, 2.75) is 104 Å². The smallest absolute Gasteiger partial charge is 0.155 e. The van der Waals surface area contributed by atoms with Crippen molar-refractivity contribution in [1.82, 2.24) is 0 Å². The molecule has 1 aliphatic heterocycles. The third-order valence-corrected chi connectivity index (χ3v) is 7.16. The topological polar surface area (TPSA) is 40.2 Å². The fraction of sp³-hybridized carbons (Fsp3) is 1.00. The molecule has 0 aromatic heterocycles. The molecule has 0 aromatic rings. The van der Waals surface area contributed by atoms with Gasteiger partial charge in [-0.3, -0.25) is 0 Å². The molecule has 0 aromatic carbocycles. The van der Waals surface area contributed by atoms with Crippen LogP contribution in [0.25, 0.3) is 0 Å². The molecule has 0 bridgehead atoms. The quantitative estimate of drug-likeness (QED) is 0.427. The number of hydrogen-bond donors (Lipinski definition) is 0. The Bertz CT molecular complexity index is 404. The molecule has 2 aliphatic carbocycles. The fourth-order valence-corrected chi connectivity index (χ4v) is 5.20. The lowest BCUT2D eigenvalue weighted by molar-refractivity contribution is -0.168. The van der Waals surface area contributed by atoms with Crippen LogP contribution in [0.4, 0.5) is 0 Å². The molecular weight excluding hydrogens is 328 g/mol. The molecule has 152 valence electrons. The molecule has 3 rings (SSSR count). The molecule has 3 fully saturated rings. The largest absolute Gasteiger partial charge is 0.375 e. The molecule has 26 heavy (non-hydrogen) atoms. The molecule has 2 unspecified atom stereocenters. The molecular formula is C22H40O4. The molecule has 0 amide bonds. The Morgan fingerprint density at radius 2 is 1.46 bits per heavy atom. The average Bonchev–Trinajstić information content (AvgIpc) is 3.45. The number of ether oxygens (including phenoxy) is 4. The van der Waals surface area contributed by atoms with Gasteiger partial charge in [0.1, 0.15) is 6.10 Å². The monoisotopic (exact) mass is 368 g/mol. The second-order valence-corrected chi connectivity index (χ2v) is 9.22. The summed E-state index contributed by atoms with van der Waals surface area (Å²) in [6.45, 7) is 11.5. The lowest BCUT2D eigenvalue weighted by Gasteiger charge is -2.46. The first-order valence-electron chi connectivity index (χ1n) is 11.0. The fourth-order valence-electron chi connectivity index (χ4n) is 5.20. The predicted molar refractivity (Wildman–Crippen MR) is 103 cm³/mol. The van der Waals surface area contributed by atoms with Gasteiger partial charge in [-0.1, -0.05) is 13.8 Å². The van der Waals surface area contributed by atoms with Crippen LogP contribution in [0.1, 0.15) is 79.1 Å². The van der Waals surface area contributed by atoms with Gasteiger partial charge in [-0.2, -0.15) is 0 Å². The first-order chi connectivity index (χ1) is 12.5. The molecule has 2 atom stereocenters. The number of hydrogen-bond acceptors (Lipinski definition) is 4.